The highest BCUT2D eigenvalue weighted by Crippen LogP contribution is 2.33. The predicted octanol–water partition coefficient (Wildman–Crippen LogP) is 4.03. The van der Waals surface area contributed by atoms with E-state index in [1.807, 2.05) is 27.0 Å². The van der Waals surface area contributed by atoms with Gasteiger partial charge < -0.3 is 14.5 Å². The van der Waals surface area contributed by atoms with E-state index in [0.29, 0.717) is 13.1 Å². The number of anilines is 1. The van der Waals surface area contributed by atoms with Crippen molar-refractivity contribution in [1.29, 1.82) is 0 Å². The molecule has 0 bridgehead atoms. The fraction of sp³-hybridized carbons (Fsp3) is 0.611. The molecule has 8 heteroatoms. The van der Waals surface area contributed by atoms with Crippen LogP contribution in [0.1, 0.15) is 32.6 Å². The first kappa shape index (κ1) is 19.2. The third-order valence-electron chi connectivity index (χ3n) is 4.17. The summed E-state index contributed by atoms with van der Waals surface area (Å²) in [6.07, 6.45) is 2.76. The molecule has 0 saturated carbocycles. The highest BCUT2D eigenvalue weighted by molar-refractivity contribution is 7.98. The van der Waals surface area contributed by atoms with Gasteiger partial charge in [0.15, 0.2) is 5.16 Å². The number of aromatic nitrogens is 2. The second-order valence-corrected chi connectivity index (χ2v) is 9.16. The number of ether oxygens (including phenoxy) is 1. The summed E-state index contributed by atoms with van der Waals surface area (Å²) in [6.45, 7) is 10.6. The van der Waals surface area contributed by atoms with E-state index in [4.69, 9.17) is 9.72 Å². The summed E-state index contributed by atoms with van der Waals surface area (Å²) in [7, 11) is 0. The maximum Gasteiger partial charge on any atom is 0.410 e. The maximum atomic E-state index is 12.3. The van der Waals surface area contributed by atoms with Gasteiger partial charge in [0.25, 0.3) is 0 Å². The van der Waals surface area contributed by atoms with Gasteiger partial charge in [0, 0.05) is 31.1 Å². The highest BCUT2D eigenvalue weighted by Gasteiger charge is 2.27. The quantitative estimate of drug-likeness (QED) is 0.579. The first-order valence-corrected chi connectivity index (χ1v) is 10.9. The zero-order valence-electron chi connectivity index (χ0n) is 16.0. The van der Waals surface area contributed by atoms with Gasteiger partial charge in [-0.05, 0) is 39.5 Å². The van der Waals surface area contributed by atoms with Crippen molar-refractivity contribution in [2.75, 3.05) is 37.3 Å². The second kappa shape index (κ2) is 7.60. The molecule has 1 saturated heterocycles. The number of aryl methyl sites for hydroxylation is 1. The number of amides is 1. The number of rotatable bonds is 3. The lowest BCUT2D eigenvalue weighted by Gasteiger charge is -2.36. The minimum atomic E-state index is -0.465. The van der Waals surface area contributed by atoms with E-state index in [1.54, 1.807) is 28.0 Å². The number of fused-ring (bicyclic) bond motifs is 1. The number of hydrogen-bond donors (Lipinski definition) is 0. The summed E-state index contributed by atoms with van der Waals surface area (Å²) < 4.78 is 5.48. The lowest BCUT2D eigenvalue weighted by molar-refractivity contribution is 0.0240. The van der Waals surface area contributed by atoms with E-state index >= 15 is 0 Å². The van der Waals surface area contributed by atoms with Gasteiger partial charge in [0.1, 0.15) is 16.2 Å². The molecule has 0 unspecified atom stereocenters. The van der Waals surface area contributed by atoms with E-state index in [1.165, 1.54) is 4.88 Å². The van der Waals surface area contributed by atoms with Crippen LogP contribution < -0.4 is 4.90 Å². The van der Waals surface area contributed by atoms with Gasteiger partial charge in [-0.1, -0.05) is 18.7 Å². The van der Waals surface area contributed by atoms with Gasteiger partial charge in [-0.15, -0.1) is 11.3 Å². The Kier molecular flexibility index (Phi) is 5.62. The van der Waals surface area contributed by atoms with E-state index in [9.17, 15) is 4.79 Å². The van der Waals surface area contributed by atoms with Gasteiger partial charge in [-0.3, -0.25) is 0 Å². The third-order valence-corrected chi connectivity index (χ3v) is 5.89. The fourth-order valence-corrected chi connectivity index (χ4v) is 4.25. The largest absolute Gasteiger partial charge is 0.444 e. The number of carbonyl (C=O) groups excluding carboxylic acids is 1. The highest BCUT2D eigenvalue weighted by atomic mass is 32.2. The van der Waals surface area contributed by atoms with Crippen LogP contribution in [-0.4, -0.2) is 59.0 Å². The maximum absolute atomic E-state index is 12.3. The summed E-state index contributed by atoms with van der Waals surface area (Å²) in [5, 5.41) is 1.92. The van der Waals surface area contributed by atoms with Crippen LogP contribution in [0.5, 0.6) is 0 Å². The van der Waals surface area contributed by atoms with Crippen molar-refractivity contribution in [2.24, 2.45) is 0 Å². The van der Waals surface area contributed by atoms with Crippen LogP contribution in [0.2, 0.25) is 0 Å². The number of thioether (sulfide) groups is 1. The van der Waals surface area contributed by atoms with Crippen molar-refractivity contribution in [3.05, 3.63) is 10.9 Å². The van der Waals surface area contributed by atoms with Crippen LogP contribution in [-0.2, 0) is 11.2 Å². The SMILES string of the molecule is CCc1cc2c(N3CCN(C(=O)OC(C)(C)C)CC3)nc(SC)nc2s1. The molecule has 2 aromatic heterocycles. The van der Waals surface area contributed by atoms with Crippen molar-refractivity contribution in [2.45, 2.75) is 44.9 Å². The van der Waals surface area contributed by atoms with Gasteiger partial charge in [0.05, 0.1) is 5.39 Å². The number of carbonyl (C=O) groups is 1. The molecular weight excluding hydrogens is 368 g/mol. The third kappa shape index (κ3) is 4.23. The molecule has 0 atom stereocenters. The lowest BCUT2D eigenvalue weighted by Crippen LogP contribution is -2.50. The summed E-state index contributed by atoms with van der Waals surface area (Å²) in [5.41, 5.74) is -0.465. The molecule has 1 aliphatic rings. The Labute approximate surface area is 162 Å². The molecule has 3 heterocycles. The van der Waals surface area contributed by atoms with Crippen molar-refractivity contribution in [3.63, 3.8) is 0 Å². The van der Waals surface area contributed by atoms with E-state index in [0.717, 1.165) is 40.7 Å². The zero-order valence-corrected chi connectivity index (χ0v) is 17.7. The van der Waals surface area contributed by atoms with Gasteiger partial charge in [-0.2, -0.15) is 0 Å². The van der Waals surface area contributed by atoms with Gasteiger partial charge >= 0.3 is 6.09 Å². The smallest absolute Gasteiger partial charge is 0.410 e. The number of nitrogens with zero attached hydrogens (tertiary/aromatic N) is 4. The summed E-state index contributed by atoms with van der Waals surface area (Å²) in [5.74, 6) is 0.985. The molecule has 3 rings (SSSR count). The monoisotopic (exact) mass is 394 g/mol. The topological polar surface area (TPSA) is 58.6 Å². The molecule has 0 aromatic carbocycles. The molecule has 1 amide bonds. The molecule has 0 radical (unpaired) electrons. The Balaban J connectivity index is 1.79. The van der Waals surface area contributed by atoms with Crippen molar-refractivity contribution < 1.29 is 9.53 Å². The normalized spacial score (nSPS) is 15.6. The first-order valence-electron chi connectivity index (χ1n) is 8.88. The Bertz CT molecular complexity index is 792. The average molecular weight is 395 g/mol. The van der Waals surface area contributed by atoms with Crippen LogP contribution in [0, 0.1) is 0 Å². The molecule has 2 aromatic rings. The molecule has 0 N–H and O–H groups in total. The van der Waals surface area contributed by atoms with Crippen LogP contribution in [0.4, 0.5) is 10.6 Å². The molecule has 0 aliphatic carbocycles. The molecular formula is C18H26N4O2S2. The first-order chi connectivity index (χ1) is 12.3. The van der Waals surface area contributed by atoms with E-state index in [-0.39, 0.29) is 6.09 Å². The van der Waals surface area contributed by atoms with Crippen LogP contribution in [0.25, 0.3) is 10.2 Å². The van der Waals surface area contributed by atoms with E-state index in [2.05, 4.69) is 22.9 Å². The Hall–Kier alpha value is -1.54. The number of thiophene rings is 1. The van der Waals surface area contributed by atoms with Crippen molar-refractivity contribution >= 4 is 45.2 Å². The number of piperazine rings is 1. The van der Waals surface area contributed by atoms with E-state index < -0.39 is 5.60 Å². The predicted molar refractivity (Wildman–Crippen MR) is 109 cm³/mol. The molecule has 26 heavy (non-hydrogen) atoms. The zero-order chi connectivity index (χ0) is 18.9. The Morgan fingerprint density at radius 3 is 2.54 bits per heavy atom. The average Bonchev–Trinajstić information content (AvgIpc) is 3.02. The second-order valence-electron chi connectivity index (χ2n) is 7.27. The van der Waals surface area contributed by atoms with Crippen LogP contribution >= 0.6 is 23.1 Å². The lowest BCUT2D eigenvalue weighted by atomic mass is 10.2. The van der Waals surface area contributed by atoms with Crippen LogP contribution in [0.3, 0.4) is 0 Å². The van der Waals surface area contributed by atoms with Crippen molar-refractivity contribution in [3.8, 4) is 0 Å². The molecule has 6 nitrogen and oxygen atoms in total. The number of hydrogen-bond acceptors (Lipinski definition) is 7. The van der Waals surface area contributed by atoms with Crippen LogP contribution in [0.15, 0.2) is 11.2 Å². The van der Waals surface area contributed by atoms with Gasteiger partial charge in [-0.25, -0.2) is 14.8 Å². The molecule has 1 aliphatic heterocycles. The molecule has 0 spiro atoms. The minimum Gasteiger partial charge on any atom is -0.444 e. The molecule has 142 valence electrons. The summed E-state index contributed by atoms with van der Waals surface area (Å²) in [6, 6.07) is 2.21. The standard InChI is InChI=1S/C18H26N4O2S2/c1-6-12-11-13-14(19-16(25-5)20-15(13)26-12)21-7-9-22(10-8-21)17(23)24-18(2,3)4/h11H,6-10H2,1-5H3. The van der Waals surface area contributed by atoms with Gasteiger partial charge in [0.2, 0.25) is 0 Å². The molecule has 1 fully saturated rings. The minimum absolute atomic E-state index is 0.237. The summed E-state index contributed by atoms with van der Waals surface area (Å²) in [4.78, 5) is 28.1. The fourth-order valence-electron chi connectivity index (χ4n) is 2.87. The van der Waals surface area contributed by atoms with Crippen molar-refractivity contribution in [1.82, 2.24) is 14.9 Å². The Morgan fingerprint density at radius 1 is 1.27 bits per heavy atom. The Morgan fingerprint density at radius 2 is 1.96 bits per heavy atom. The summed E-state index contributed by atoms with van der Waals surface area (Å²) >= 11 is 3.30.